The first-order valence-corrected chi connectivity index (χ1v) is 10.7. The number of nitrogens with two attached hydrogens (primary N) is 2. The molecule has 0 aliphatic carbocycles. The van der Waals surface area contributed by atoms with Gasteiger partial charge < -0.3 is 31.3 Å². The summed E-state index contributed by atoms with van der Waals surface area (Å²) < 4.78 is 56.3. The zero-order valence-corrected chi connectivity index (χ0v) is 19.8. The Hall–Kier alpha value is 1.38. The molecule has 0 spiro atoms. The molecular formula is C6H12N2Na2O10S4. The van der Waals surface area contributed by atoms with Crippen molar-refractivity contribution in [3.05, 3.63) is 0 Å². The fraction of sp³-hybridized carbons (Fsp3) is 0.667. The van der Waals surface area contributed by atoms with Gasteiger partial charge in [0.1, 0.15) is 0 Å². The minimum absolute atomic E-state index is 0. The van der Waals surface area contributed by atoms with E-state index in [9.17, 15) is 36.6 Å². The largest absolute Gasteiger partial charge is 1.00 e. The first kappa shape index (κ1) is 33.0. The Bertz CT molecular complexity index is 530. The van der Waals surface area contributed by atoms with Crippen LogP contribution in [0.2, 0.25) is 0 Å². The van der Waals surface area contributed by atoms with Crippen LogP contribution in [0.4, 0.5) is 0 Å². The summed E-state index contributed by atoms with van der Waals surface area (Å²) in [7, 11) is -8.31. The Balaban J connectivity index is -0.000000154. The maximum atomic E-state index is 10.0. The van der Waals surface area contributed by atoms with Gasteiger partial charge in [0.05, 0.1) is 24.0 Å². The molecule has 0 aromatic heterocycles. The number of carbonyl (C=O) groups is 2. The molecule has 0 fully saturated rings. The van der Waals surface area contributed by atoms with Crippen molar-refractivity contribution in [2.24, 2.45) is 11.5 Å². The molecule has 0 rings (SSSR count). The zero-order chi connectivity index (χ0) is 18.1. The summed E-state index contributed by atoms with van der Waals surface area (Å²) in [5, 5.41) is 19.8. The van der Waals surface area contributed by atoms with Crippen molar-refractivity contribution >= 4 is 51.8 Å². The minimum Gasteiger partial charge on any atom is -0.548 e. The number of aliphatic carboxylic acids is 2. The quantitative estimate of drug-likeness (QED) is 0.154. The average molecular weight is 446 g/mol. The third kappa shape index (κ3) is 25.6. The smallest absolute Gasteiger partial charge is 0.548 e. The Kier molecular flexibility index (Phi) is 21.2. The second kappa shape index (κ2) is 15.4. The number of hydrogen-bond donors (Lipinski definition) is 4. The minimum atomic E-state index is -4.21. The first-order chi connectivity index (χ1) is 9.65. The molecule has 18 heteroatoms. The fourth-order valence-corrected chi connectivity index (χ4v) is 3.28. The number of hydrogen-bond acceptors (Lipinski definition) is 12. The van der Waals surface area contributed by atoms with Crippen molar-refractivity contribution in [1.29, 1.82) is 0 Å². The van der Waals surface area contributed by atoms with Crippen LogP contribution in [0.1, 0.15) is 0 Å². The van der Waals surface area contributed by atoms with Crippen LogP contribution >= 0.6 is 21.6 Å². The molecule has 6 N–H and O–H groups in total. The van der Waals surface area contributed by atoms with Crippen LogP contribution in [-0.4, -0.2) is 61.5 Å². The van der Waals surface area contributed by atoms with E-state index in [2.05, 4.69) is 0 Å². The third-order valence-electron chi connectivity index (χ3n) is 1.40. The van der Waals surface area contributed by atoms with Crippen molar-refractivity contribution in [3.63, 3.8) is 0 Å². The van der Waals surface area contributed by atoms with E-state index in [1.165, 1.54) is 0 Å². The van der Waals surface area contributed by atoms with Crippen molar-refractivity contribution in [2.75, 3.05) is 11.5 Å². The molecule has 0 aromatic carbocycles. The molecule has 0 aliphatic rings. The Morgan fingerprint density at radius 2 is 1.04 bits per heavy atom. The average Bonchev–Trinajstić information content (AvgIpc) is 2.31. The Morgan fingerprint density at radius 1 is 0.833 bits per heavy atom. The SMILES string of the molecule is N[C@@H](CSS(=O)(=O)O)C(=O)[O-].N[C@@H](CSS(=O)(=O)O)C(=O)[O-].[Na+].[Na+]. The van der Waals surface area contributed by atoms with Crippen LogP contribution in [0.15, 0.2) is 0 Å². The number of carboxylic acid groups (broad SMARTS) is 2. The van der Waals surface area contributed by atoms with Crippen molar-refractivity contribution in [2.45, 2.75) is 12.1 Å². The second-order valence-electron chi connectivity index (χ2n) is 3.28. The number of carboxylic acids is 2. The molecule has 0 bridgehead atoms. The van der Waals surface area contributed by atoms with Crippen LogP contribution in [-0.2, 0) is 27.9 Å². The molecule has 0 heterocycles. The Morgan fingerprint density at radius 3 is 1.17 bits per heavy atom. The van der Waals surface area contributed by atoms with E-state index in [1.54, 1.807) is 0 Å². The summed E-state index contributed by atoms with van der Waals surface area (Å²) >= 11 is 0. The molecule has 0 radical (unpaired) electrons. The van der Waals surface area contributed by atoms with Gasteiger partial charge in [-0.2, -0.15) is 16.8 Å². The predicted octanol–water partition coefficient (Wildman–Crippen LogP) is -10.8. The van der Waals surface area contributed by atoms with Gasteiger partial charge in [-0.05, 0) is 21.6 Å². The molecule has 2 atom stereocenters. The van der Waals surface area contributed by atoms with Crippen LogP contribution < -0.4 is 80.8 Å². The molecule has 12 nitrogen and oxygen atoms in total. The summed E-state index contributed by atoms with van der Waals surface area (Å²) in [6, 6.07) is -2.77. The van der Waals surface area contributed by atoms with E-state index in [4.69, 9.17) is 20.6 Å². The maximum absolute atomic E-state index is 10.0. The van der Waals surface area contributed by atoms with Gasteiger partial charge in [-0.3, -0.25) is 9.11 Å². The second-order valence-corrected chi connectivity index (χ2v) is 10.1. The van der Waals surface area contributed by atoms with Crippen LogP contribution in [0.25, 0.3) is 0 Å². The monoisotopic (exact) mass is 446 g/mol. The standard InChI is InChI=1S/2C3H7NO5S2.2Na/c2*4-2(3(5)6)1-10-11(7,8)9;;/h2*2H,1,4H2,(H,5,6)(H,7,8,9);;/q;;2*+1/p-2/t2*2-;;/m00../s1. The number of rotatable bonds is 8. The molecule has 0 amide bonds. The van der Waals surface area contributed by atoms with E-state index in [-0.39, 0.29) is 80.7 Å². The van der Waals surface area contributed by atoms with Gasteiger partial charge in [0, 0.05) is 11.5 Å². The maximum Gasteiger partial charge on any atom is 1.00 e. The van der Waals surface area contributed by atoms with Gasteiger partial charge in [0.25, 0.3) is 0 Å². The molecule has 132 valence electrons. The van der Waals surface area contributed by atoms with E-state index < -0.39 is 53.8 Å². The van der Waals surface area contributed by atoms with Gasteiger partial charge in [0.15, 0.2) is 0 Å². The molecular weight excluding hydrogens is 434 g/mol. The summed E-state index contributed by atoms with van der Waals surface area (Å²) in [6.45, 7) is 0. The summed E-state index contributed by atoms with van der Waals surface area (Å²) in [4.78, 5) is 19.8. The van der Waals surface area contributed by atoms with Gasteiger partial charge in [-0.25, -0.2) is 0 Å². The molecule has 0 unspecified atom stereocenters. The predicted molar refractivity (Wildman–Crippen MR) is 74.0 cm³/mol. The normalized spacial score (nSPS) is 13.2. The first-order valence-electron chi connectivity index (χ1n) is 4.82. The van der Waals surface area contributed by atoms with Crippen molar-refractivity contribution in [3.8, 4) is 0 Å². The van der Waals surface area contributed by atoms with E-state index in [0.717, 1.165) is 0 Å². The topological polar surface area (TPSA) is 241 Å². The van der Waals surface area contributed by atoms with Crippen molar-refractivity contribution < 1.29 is 105 Å². The van der Waals surface area contributed by atoms with Crippen LogP contribution in [0.5, 0.6) is 0 Å². The molecule has 0 saturated heterocycles. The van der Waals surface area contributed by atoms with Crippen LogP contribution in [0, 0.1) is 0 Å². The Labute approximate surface area is 189 Å². The molecule has 24 heavy (non-hydrogen) atoms. The molecule has 0 aliphatic heterocycles. The summed E-state index contributed by atoms with van der Waals surface area (Å²) in [5.74, 6) is -3.97. The van der Waals surface area contributed by atoms with E-state index >= 15 is 0 Å². The third-order valence-corrected chi connectivity index (χ3v) is 5.59. The van der Waals surface area contributed by atoms with Gasteiger partial charge >= 0.3 is 77.4 Å². The van der Waals surface area contributed by atoms with Gasteiger partial charge in [-0.1, -0.05) is 0 Å². The molecule has 0 aromatic rings. The van der Waals surface area contributed by atoms with E-state index in [0.29, 0.717) is 0 Å². The van der Waals surface area contributed by atoms with Gasteiger partial charge in [-0.15, -0.1) is 0 Å². The van der Waals surface area contributed by atoms with E-state index in [1.807, 2.05) is 0 Å². The molecule has 0 saturated carbocycles. The van der Waals surface area contributed by atoms with Crippen molar-refractivity contribution in [1.82, 2.24) is 0 Å². The van der Waals surface area contributed by atoms with Gasteiger partial charge in [0.2, 0.25) is 0 Å². The summed E-state index contributed by atoms with van der Waals surface area (Å²) in [6.07, 6.45) is 0. The summed E-state index contributed by atoms with van der Waals surface area (Å²) in [5.41, 5.74) is 9.73. The van der Waals surface area contributed by atoms with Crippen LogP contribution in [0.3, 0.4) is 0 Å². The number of carbonyl (C=O) groups excluding carboxylic acids is 2. The fourth-order valence-electron chi connectivity index (χ4n) is 0.455. The zero-order valence-electron chi connectivity index (χ0n) is 12.5.